The van der Waals surface area contributed by atoms with Crippen LogP contribution >= 0.6 is 0 Å². The van der Waals surface area contributed by atoms with Crippen molar-refractivity contribution in [3.63, 3.8) is 0 Å². The fourth-order valence-corrected chi connectivity index (χ4v) is 1.91. The zero-order valence-corrected chi connectivity index (χ0v) is 11.8. The molecule has 5 heteroatoms. The average Bonchev–Trinajstić information content (AvgIpc) is 2.48. The van der Waals surface area contributed by atoms with Crippen molar-refractivity contribution in [1.82, 2.24) is 5.43 Å². The fourth-order valence-electron chi connectivity index (χ4n) is 1.91. The standard InChI is InChI=1S/C16H18N4O/c1-11(21)16(13-5-3-2-4-6-13)20-19-10-12-7-8-14(17)15(18)9-12/h2-10,16,20H,17-18H2,1H3/b19-10+. The summed E-state index contributed by atoms with van der Waals surface area (Å²) in [6, 6.07) is 14.2. The first-order valence-corrected chi connectivity index (χ1v) is 6.57. The number of anilines is 2. The molecule has 5 N–H and O–H groups in total. The predicted molar refractivity (Wildman–Crippen MR) is 85.9 cm³/mol. The van der Waals surface area contributed by atoms with Crippen LogP contribution in [0.4, 0.5) is 11.4 Å². The number of hydrogen-bond acceptors (Lipinski definition) is 5. The summed E-state index contributed by atoms with van der Waals surface area (Å²) in [5, 5.41) is 4.12. The monoisotopic (exact) mass is 282 g/mol. The van der Waals surface area contributed by atoms with Crippen LogP contribution in [-0.2, 0) is 4.79 Å². The van der Waals surface area contributed by atoms with Gasteiger partial charge in [0.25, 0.3) is 0 Å². The van der Waals surface area contributed by atoms with Crippen LogP contribution in [0, 0.1) is 0 Å². The number of hydrazone groups is 1. The van der Waals surface area contributed by atoms with Gasteiger partial charge in [0.15, 0.2) is 5.78 Å². The molecule has 2 aromatic rings. The third-order valence-corrected chi connectivity index (χ3v) is 3.07. The number of ketones is 1. The minimum absolute atomic E-state index is 0.00447. The van der Waals surface area contributed by atoms with E-state index in [0.717, 1.165) is 11.1 Å². The van der Waals surface area contributed by atoms with Crippen molar-refractivity contribution in [2.24, 2.45) is 5.10 Å². The summed E-state index contributed by atoms with van der Waals surface area (Å²) in [6.45, 7) is 1.53. The SMILES string of the molecule is CC(=O)C(N/N=C/c1ccc(N)c(N)c1)c1ccccc1. The molecule has 2 aromatic carbocycles. The second kappa shape index (κ2) is 6.56. The van der Waals surface area contributed by atoms with E-state index >= 15 is 0 Å². The zero-order valence-electron chi connectivity index (χ0n) is 11.8. The Hall–Kier alpha value is -2.82. The summed E-state index contributed by atoms with van der Waals surface area (Å²) in [6.07, 6.45) is 1.61. The van der Waals surface area contributed by atoms with E-state index in [1.165, 1.54) is 6.92 Å². The second-order valence-electron chi connectivity index (χ2n) is 4.73. The first-order valence-electron chi connectivity index (χ1n) is 6.57. The van der Waals surface area contributed by atoms with Gasteiger partial charge < -0.3 is 11.5 Å². The third-order valence-electron chi connectivity index (χ3n) is 3.07. The average molecular weight is 282 g/mol. The smallest absolute Gasteiger partial charge is 0.158 e. The van der Waals surface area contributed by atoms with Crippen molar-refractivity contribution >= 4 is 23.4 Å². The van der Waals surface area contributed by atoms with Gasteiger partial charge in [-0.05, 0) is 30.2 Å². The molecule has 0 aromatic heterocycles. The molecule has 0 radical (unpaired) electrons. The number of nitrogens with two attached hydrogens (primary N) is 2. The number of carbonyl (C=O) groups is 1. The van der Waals surface area contributed by atoms with Gasteiger partial charge in [-0.25, -0.2) is 0 Å². The molecule has 21 heavy (non-hydrogen) atoms. The van der Waals surface area contributed by atoms with Crippen molar-refractivity contribution in [2.75, 3.05) is 11.5 Å². The molecule has 0 bridgehead atoms. The molecular weight excluding hydrogens is 264 g/mol. The minimum Gasteiger partial charge on any atom is -0.397 e. The van der Waals surface area contributed by atoms with Crippen LogP contribution < -0.4 is 16.9 Å². The van der Waals surface area contributed by atoms with Gasteiger partial charge >= 0.3 is 0 Å². The van der Waals surface area contributed by atoms with Crippen molar-refractivity contribution < 1.29 is 4.79 Å². The summed E-state index contributed by atoms with van der Waals surface area (Å²) in [5.74, 6) is -0.00447. The number of benzene rings is 2. The lowest BCUT2D eigenvalue weighted by Gasteiger charge is -2.13. The summed E-state index contributed by atoms with van der Waals surface area (Å²) in [4.78, 5) is 11.7. The highest BCUT2D eigenvalue weighted by molar-refractivity contribution is 5.85. The van der Waals surface area contributed by atoms with Gasteiger partial charge in [-0.15, -0.1) is 0 Å². The largest absolute Gasteiger partial charge is 0.397 e. The summed E-state index contributed by atoms with van der Waals surface area (Å²) >= 11 is 0. The van der Waals surface area contributed by atoms with Crippen LogP contribution in [0.3, 0.4) is 0 Å². The van der Waals surface area contributed by atoms with Crippen molar-refractivity contribution in [1.29, 1.82) is 0 Å². The lowest BCUT2D eigenvalue weighted by atomic mass is 10.0. The quantitative estimate of drug-likeness (QED) is 0.445. The molecule has 0 heterocycles. The van der Waals surface area contributed by atoms with E-state index in [0.29, 0.717) is 11.4 Å². The molecule has 0 saturated heterocycles. The lowest BCUT2D eigenvalue weighted by molar-refractivity contribution is -0.119. The highest BCUT2D eigenvalue weighted by Gasteiger charge is 2.14. The van der Waals surface area contributed by atoms with E-state index in [4.69, 9.17) is 11.5 Å². The molecule has 0 fully saturated rings. The molecular formula is C16H18N4O. The summed E-state index contributed by atoms with van der Waals surface area (Å²) in [7, 11) is 0. The number of nitrogens with one attached hydrogen (secondary N) is 1. The summed E-state index contributed by atoms with van der Waals surface area (Å²) in [5.41, 5.74) is 17.0. The zero-order chi connectivity index (χ0) is 15.2. The molecule has 5 nitrogen and oxygen atoms in total. The maximum Gasteiger partial charge on any atom is 0.158 e. The van der Waals surface area contributed by atoms with Crippen molar-refractivity contribution in [3.05, 3.63) is 59.7 Å². The Morgan fingerprint density at radius 3 is 2.48 bits per heavy atom. The normalized spacial score (nSPS) is 12.2. The van der Waals surface area contributed by atoms with Crippen LogP contribution in [0.25, 0.3) is 0 Å². The minimum atomic E-state index is -0.464. The second-order valence-corrected chi connectivity index (χ2v) is 4.73. The van der Waals surface area contributed by atoms with Crippen LogP contribution in [0.5, 0.6) is 0 Å². The van der Waals surface area contributed by atoms with E-state index in [1.54, 1.807) is 18.3 Å². The Morgan fingerprint density at radius 1 is 1.14 bits per heavy atom. The molecule has 0 amide bonds. The van der Waals surface area contributed by atoms with Crippen molar-refractivity contribution in [2.45, 2.75) is 13.0 Å². The van der Waals surface area contributed by atoms with Gasteiger partial charge in [0.05, 0.1) is 17.6 Å². The Bertz CT molecular complexity index is 653. The first kappa shape index (κ1) is 14.6. The van der Waals surface area contributed by atoms with E-state index in [-0.39, 0.29) is 5.78 Å². The topological polar surface area (TPSA) is 93.5 Å². The highest BCUT2D eigenvalue weighted by atomic mass is 16.1. The van der Waals surface area contributed by atoms with E-state index in [1.807, 2.05) is 36.4 Å². The number of hydrogen-bond donors (Lipinski definition) is 3. The molecule has 0 aliphatic heterocycles. The molecule has 1 atom stereocenters. The number of nitrogen functional groups attached to an aromatic ring is 2. The molecule has 0 aliphatic rings. The maximum absolute atomic E-state index is 11.7. The number of Topliss-reactive ketones (excluding diaryl/α,β-unsaturated/α-hetero) is 1. The molecule has 2 rings (SSSR count). The van der Waals surface area contributed by atoms with Gasteiger partial charge in [-0.1, -0.05) is 36.4 Å². The number of carbonyl (C=O) groups excluding carboxylic acids is 1. The molecule has 0 saturated carbocycles. The van der Waals surface area contributed by atoms with Crippen LogP contribution in [0.1, 0.15) is 24.1 Å². The molecule has 0 aliphatic carbocycles. The fraction of sp³-hybridized carbons (Fsp3) is 0.125. The molecule has 108 valence electrons. The van der Waals surface area contributed by atoms with E-state index < -0.39 is 6.04 Å². The van der Waals surface area contributed by atoms with Gasteiger partial charge in [-0.3, -0.25) is 10.2 Å². The Balaban J connectivity index is 2.10. The molecule has 1 unspecified atom stereocenters. The van der Waals surface area contributed by atoms with Crippen LogP contribution in [-0.4, -0.2) is 12.0 Å². The van der Waals surface area contributed by atoms with Gasteiger partial charge in [0.1, 0.15) is 6.04 Å². The van der Waals surface area contributed by atoms with Crippen LogP contribution in [0.2, 0.25) is 0 Å². The van der Waals surface area contributed by atoms with E-state index in [2.05, 4.69) is 10.5 Å². The number of nitrogens with zero attached hydrogens (tertiary/aromatic N) is 1. The van der Waals surface area contributed by atoms with Crippen LogP contribution in [0.15, 0.2) is 53.6 Å². The first-order chi connectivity index (χ1) is 10.1. The Kier molecular flexibility index (Phi) is 4.56. The van der Waals surface area contributed by atoms with E-state index in [9.17, 15) is 4.79 Å². The Labute approximate surface area is 123 Å². The third kappa shape index (κ3) is 3.82. The Morgan fingerprint density at radius 2 is 1.86 bits per heavy atom. The highest BCUT2D eigenvalue weighted by Crippen LogP contribution is 2.15. The summed E-state index contributed by atoms with van der Waals surface area (Å²) < 4.78 is 0. The van der Waals surface area contributed by atoms with Gasteiger partial charge in [0, 0.05) is 0 Å². The molecule has 0 spiro atoms. The van der Waals surface area contributed by atoms with Gasteiger partial charge in [0.2, 0.25) is 0 Å². The van der Waals surface area contributed by atoms with Gasteiger partial charge in [-0.2, -0.15) is 5.10 Å². The van der Waals surface area contributed by atoms with Crippen molar-refractivity contribution in [3.8, 4) is 0 Å². The number of rotatable bonds is 5. The lowest BCUT2D eigenvalue weighted by Crippen LogP contribution is -2.22. The predicted octanol–water partition coefficient (Wildman–Crippen LogP) is 2.10. The maximum atomic E-state index is 11.7.